The summed E-state index contributed by atoms with van der Waals surface area (Å²) in [5, 5.41) is 10.7. The monoisotopic (exact) mass is 451 g/mol. The van der Waals surface area contributed by atoms with Gasteiger partial charge < -0.3 is 15.3 Å². The van der Waals surface area contributed by atoms with E-state index in [9.17, 15) is 0 Å². The molecule has 7 heteroatoms. The van der Waals surface area contributed by atoms with E-state index in [4.69, 9.17) is 32.3 Å². The number of hydrogen-bond donors (Lipinski definition) is 1. The molecule has 0 bridgehead atoms. The first kappa shape index (κ1) is 25.6. The van der Waals surface area contributed by atoms with Crippen LogP contribution in [0.5, 0.6) is 0 Å². The molecule has 0 saturated heterocycles. The van der Waals surface area contributed by atoms with Crippen LogP contribution in [-0.2, 0) is 25.3 Å². The average molecular weight is 454 g/mol. The van der Waals surface area contributed by atoms with Crippen LogP contribution in [-0.4, -0.2) is 33.6 Å². The van der Waals surface area contributed by atoms with E-state index >= 15 is 0 Å². The van der Waals surface area contributed by atoms with Crippen LogP contribution in [0, 0.1) is 0 Å². The second kappa shape index (κ2) is 17.2. The van der Waals surface area contributed by atoms with Crippen LogP contribution in [0.2, 0.25) is 6.55 Å². The molecule has 23 heavy (non-hydrogen) atoms. The molecule has 3 nitrogen and oxygen atoms in total. The predicted molar refractivity (Wildman–Crippen MR) is 100.0 cm³/mol. The molecule has 0 aliphatic heterocycles. The summed E-state index contributed by atoms with van der Waals surface area (Å²) >= 11 is -0.826. The van der Waals surface area contributed by atoms with Crippen molar-refractivity contribution in [3.05, 3.63) is 48.2 Å². The van der Waals surface area contributed by atoms with Crippen LogP contribution < -0.4 is 0 Å². The van der Waals surface area contributed by atoms with Gasteiger partial charge in [0.2, 0.25) is 9.76 Å². The number of aliphatic hydroxyl groups is 1. The Morgan fingerprint density at radius 1 is 1.26 bits per heavy atom. The second-order valence-electron chi connectivity index (χ2n) is 5.25. The third-order valence-electron chi connectivity index (χ3n) is 1.89. The molecule has 0 aromatic heterocycles. The van der Waals surface area contributed by atoms with E-state index in [1.54, 1.807) is 0 Å². The molecule has 0 atom stereocenters. The SMILES string of the molecule is CC(C)(C)[NH-].C[Si]OCCO.[Cl][Zr+2][Cl].c1ccc2[cH-]ccc2c1. The first-order valence-corrected chi connectivity index (χ1v) is 14.7. The number of halogens is 2. The van der Waals surface area contributed by atoms with Gasteiger partial charge >= 0.3 is 37.9 Å². The molecular formula is C16H25Cl2NO2SiZr. The zero-order valence-corrected chi connectivity index (χ0v) is 19.0. The summed E-state index contributed by atoms with van der Waals surface area (Å²) in [6.45, 7) is 8.11. The van der Waals surface area contributed by atoms with Crippen molar-refractivity contribution < 1.29 is 30.4 Å². The van der Waals surface area contributed by atoms with Crippen molar-refractivity contribution in [3.8, 4) is 0 Å². The largest absolute Gasteiger partial charge is 0.168 e. The molecule has 2 aromatic rings. The maximum atomic E-state index is 8.08. The first-order chi connectivity index (χ1) is 10.8. The minimum atomic E-state index is -0.826. The van der Waals surface area contributed by atoms with Gasteiger partial charge in [0.1, 0.15) is 0 Å². The molecular weight excluding hydrogens is 428 g/mol. The Morgan fingerprint density at radius 2 is 1.78 bits per heavy atom. The number of rotatable bonds is 3. The number of nitrogens with one attached hydrogen (secondary N) is 1. The van der Waals surface area contributed by atoms with Gasteiger partial charge in [0, 0.05) is 0 Å². The Bertz CT molecular complexity index is 438. The third kappa shape index (κ3) is 22.4. The van der Waals surface area contributed by atoms with E-state index in [2.05, 4.69) is 42.5 Å². The van der Waals surface area contributed by atoms with Crippen molar-refractivity contribution in [2.45, 2.75) is 32.9 Å². The molecule has 0 aliphatic carbocycles. The summed E-state index contributed by atoms with van der Waals surface area (Å²) in [6, 6.07) is 14.7. The second-order valence-corrected chi connectivity index (χ2v) is 9.68. The Kier molecular flexibility index (Phi) is 19.2. The predicted octanol–water partition coefficient (Wildman–Crippen LogP) is 5.43. The summed E-state index contributed by atoms with van der Waals surface area (Å²) in [4.78, 5) is 0. The quantitative estimate of drug-likeness (QED) is 0.382. The van der Waals surface area contributed by atoms with Crippen molar-refractivity contribution in [2.24, 2.45) is 0 Å². The van der Waals surface area contributed by atoms with Gasteiger partial charge in [0.25, 0.3) is 0 Å². The van der Waals surface area contributed by atoms with Gasteiger partial charge in [-0.05, 0) is 6.55 Å². The van der Waals surface area contributed by atoms with E-state index in [1.807, 2.05) is 27.3 Å². The molecule has 128 valence electrons. The van der Waals surface area contributed by atoms with Crippen LogP contribution in [0.3, 0.4) is 0 Å². The van der Waals surface area contributed by atoms with Crippen molar-refractivity contribution in [1.29, 1.82) is 0 Å². The number of aliphatic hydroxyl groups excluding tert-OH is 1. The number of fused-ring (bicyclic) bond motifs is 1. The van der Waals surface area contributed by atoms with Gasteiger partial charge in [-0.2, -0.15) is 17.5 Å². The molecule has 2 rings (SSSR count). The van der Waals surface area contributed by atoms with Crippen LogP contribution in [0.15, 0.2) is 42.5 Å². The molecule has 0 unspecified atom stereocenters. The number of benzene rings is 1. The Morgan fingerprint density at radius 3 is 2.17 bits per heavy atom. The van der Waals surface area contributed by atoms with Gasteiger partial charge in [-0.15, -0.1) is 35.2 Å². The molecule has 0 spiro atoms. The van der Waals surface area contributed by atoms with Crippen LogP contribution in [0.1, 0.15) is 20.8 Å². The van der Waals surface area contributed by atoms with E-state index < -0.39 is 20.8 Å². The molecule has 2 radical (unpaired) electrons. The fraction of sp³-hybridized carbons (Fsp3) is 0.438. The van der Waals surface area contributed by atoms with Crippen LogP contribution in [0.4, 0.5) is 0 Å². The zero-order chi connectivity index (χ0) is 18.1. The number of hydrogen-bond acceptors (Lipinski definition) is 2. The first-order valence-electron chi connectivity index (χ1n) is 7.01. The summed E-state index contributed by atoms with van der Waals surface area (Å²) in [7, 11) is 10.4. The molecule has 0 heterocycles. The minimum absolute atomic E-state index is 0.140. The van der Waals surface area contributed by atoms with Crippen LogP contribution in [0.25, 0.3) is 16.5 Å². The van der Waals surface area contributed by atoms with Crippen molar-refractivity contribution in [1.82, 2.24) is 0 Å². The van der Waals surface area contributed by atoms with Crippen LogP contribution >= 0.6 is 17.0 Å². The average Bonchev–Trinajstić information content (AvgIpc) is 2.93. The topological polar surface area (TPSA) is 53.3 Å². The smallest absolute Gasteiger partial charge is 0.0809 e. The van der Waals surface area contributed by atoms with E-state index in [0.717, 1.165) is 0 Å². The summed E-state index contributed by atoms with van der Waals surface area (Å²) in [5.41, 5.74) is 6.69. The summed E-state index contributed by atoms with van der Waals surface area (Å²) in [6.07, 6.45) is 0. The fourth-order valence-electron chi connectivity index (χ4n) is 1.22. The van der Waals surface area contributed by atoms with E-state index in [1.165, 1.54) is 10.8 Å². The Balaban J connectivity index is 0. The zero-order valence-electron chi connectivity index (χ0n) is 14.1. The molecule has 0 fully saturated rings. The van der Waals surface area contributed by atoms with E-state index in [0.29, 0.717) is 16.4 Å². The molecule has 0 saturated carbocycles. The van der Waals surface area contributed by atoms with Gasteiger partial charge in [0.05, 0.1) is 13.2 Å². The molecule has 0 amide bonds. The standard InChI is InChI=1S/C9H7.C4H10N.C3H8O2Si.2ClH.Zr/c1-2-5-9-7-3-6-8(9)4-1;1-4(2,3)5;1-6-5-3-2-4;;;/h1-7H;5H,1-3H3;4H,2-3H2,1H3;2*1H;/q2*-1;;;;+4/p-2. The van der Waals surface area contributed by atoms with Crippen molar-refractivity contribution in [2.75, 3.05) is 13.2 Å². The van der Waals surface area contributed by atoms with Gasteiger partial charge in [0.15, 0.2) is 0 Å². The molecule has 2 N–H and O–H groups in total. The Labute approximate surface area is 161 Å². The molecule has 2 aromatic carbocycles. The normalized spacial score (nSPS) is 9.39. The maximum Gasteiger partial charge on any atom is -0.0809 e. The van der Waals surface area contributed by atoms with Gasteiger partial charge in [-0.25, -0.2) is 0 Å². The maximum absolute atomic E-state index is 8.08. The fourth-order valence-corrected chi connectivity index (χ4v) is 1.51. The molecule has 0 aliphatic rings. The van der Waals surface area contributed by atoms with Gasteiger partial charge in [-0.1, -0.05) is 26.8 Å². The minimum Gasteiger partial charge on any atom is -0.168 e. The van der Waals surface area contributed by atoms with Crippen molar-refractivity contribution in [3.63, 3.8) is 0 Å². The summed E-state index contributed by atoms with van der Waals surface area (Å²) in [5.74, 6) is 0. The van der Waals surface area contributed by atoms with E-state index in [-0.39, 0.29) is 12.1 Å². The van der Waals surface area contributed by atoms with Crippen molar-refractivity contribution >= 4 is 37.6 Å². The van der Waals surface area contributed by atoms with Gasteiger partial charge in [-0.3, -0.25) is 0 Å². The summed E-state index contributed by atoms with van der Waals surface area (Å²) < 4.78 is 4.76. The third-order valence-corrected chi connectivity index (χ3v) is 2.38. The Hall–Kier alpha value is 0.390.